The molecule has 1 saturated carbocycles. The van der Waals surface area contributed by atoms with Gasteiger partial charge in [-0.2, -0.15) is 10.2 Å². The van der Waals surface area contributed by atoms with Gasteiger partial charge in [-0.25, -0.2) is 0 Å². The first-order chi connectivity index (χ1) is 11.9. The Balaban J connectivity index is 1.77. The van der Waals surface area contributed by atoms with Crippen LogP contribution in [0.2, 0.25) is 0 Å². The third-order valence-corrected chi connectivity index (χ3v) is 5.09. The summed E-state index contributed by atoms with van der Waals surface area (Å²) in [5.74, 6) is 0.796. The minimum atomic E-state index is 0.398. The number of pyridine rings is 2. The molecule has 0 radical (unpaired) electrons. The zero-order chi connectivity index (χ0) is 16.2. The van der Waals surface area contributed by atoms with Crippen LogP contribution in [-0.4, -0.2) is 21.4 Å². The van der Waals surface area contributed by atoms with E-state index in [0.717, 1.165) is 35.7 Å². The summed E-state index contributed by atoms with van der Waals surface area (Å²) in [5, 5.41) is 9.23. The van der Waals surface area contributed by atoms with Crippen LogP contribution in [0.15, 0.2) is 59.0 Å². The molecule has 0 N–H and O–H groups in total. The Bertz CT molecular complexity index is 671. The van der Waals surface area contributed by atoms with Crippen LogP contribution in [0, 0.1) is 11.8 Å². The fourth-order valence-corrected chi connectivity index (χ4v) is 3.91. The van der Waals surface area contributed by atoms with Crippen LogP contribution in [0.25, 0.3) is 0 Å². The zero-order valence-corrected chi connectivity index (χ0v) is 13.8. The highest BCUT2D eigenvalue weighted by Crippen LogP contribution is 2.35. The molecule has 24 heavy (non-hydrogen) atoms. The van der Waals surface area contributed by atoms with Crippen molar-refractivity contribution in [3.05, 3.63) is 60.2 Å². The van der Waals surface area contributed by atoms with Gasteiger partial charge in [-0.05, 0) is 37.1 Å². The number of fused-ring (bicyclic) bond motifs is 1. The second-order valence-corrected chi connectivity index (χ2v) is 6.60. The molecule has 2 atom stereocenters. The average molecular weight is 318 g/mol. The third kappa shape index (κ3) is 3.01. The van der Waals surface area contributed by atoms with Gasteiger partial charge in [0.1, 0.15) is 0 Å². The van der Waals surface area contributed by atoms with E-state index in [9.17, 15) is 0 Å². The van der Waals surface area contributed by atoms with Gasteiger partial charge in [-0.3, -0.25) is 9.97 Å². The summed E-state index contributed by atoms with van der Waals surface area (Å²) in [6.45, 7) is 0. The third-order valence-electron chi connectivity index (χ3n) is 5.09. The van der Waals surface area contributed by atoms with E-state index in [1.165, 1.54) is 25.7 Å². The van der Waals surface area contributed by atoms with E-state index < -0.39 is 0 Å². The van der Waals surface area contributed by atoms with Gasteiger partial charge in [0.15, 0.2) is 0 Å². The highest BCUT2D eigenvalue weighted by atomic mass is 15.2. The van der Waals surface area contributed by atoms with Crippen molar-refractivity contribution < 1.29 is 0 Å². The monoisotopic (exact) mass is 318 g/mol. The van der Waals surface area contributed by atoms with E-state index in [4.69, 9.17) is 0 Å². The lowest BCUT2D eigenvalue weighted by molar-refractivity contribution is 0.391. The molecule has 0 bridgehead atoms. The Morgan fingerprint density at radius 3 is 1.54 bits per heavy atom. The van der Waals surface area contributed by atoms with Crippen molar-refractivity contribution in [1.29, 1.82) is 0 Å². The molecule has 2 unspecified atom stereocenters. The normalized spacial score (nSPS) is 24.2. The van der Waals surface area contributed by atoms with Gasteiger partial charge in [0, 0.05) is 24.2 Å². The molecule has 0 saturated heterocycles. The highest BCUT2D eigenvalue weighted by Gasteiger charge is 2.35. The molecular formula is C20H22N4. The molecule has 2 aromatic heterocycles. The van der Waals surface area contributed by atoms with Crippen LogP contribution in [0.5, 0.6) is 0 Å². The van der Waals surface area contributed by atoms with Crippen LogP contribution in [0.4, 0.5) is 0 Å². The first-order valence-corrected chi connectivity index (χ1v) is 8.92. The van der Waals surface area contributed by atoms with Crippen molar-refractivity contribution in [2.75, 3.05) is 0 Å². The number of hydrogen-bond acceptors (Lipinski definition) is 4. The van der Waals surface area contributed by atoms with Crippen LogP contribution < -0.4 is 0 Å². The molecule has 0 amide bonds. The predicted octanol–water partition coefficient (Wildman–Crippen LogP) is 4.27. The lowest BCUT2D eigenvalue weighted by Crippen LogP contribution is -2.35. The van der Waals surface area contributed by atoms with E-state index >= 15 is 0 Å². The molecule has 4 heteroatoms. The van der Waals surface area contributed by atoms with E-state index in [-0.39, 0.29) is 0 Å². The summed E-state index contributed by atoms with van der Waals surface area (Å²) in [7, 11) is 0. The summed E-state index contributed by atoms with van der Waals surface area (Å²) in [4.78, 5) is 9.06. The van der Waals surface area contributed by atoms with E-state index in [1.54, 1.807) is 0 Å². The van der Waals surface area contributed by atoms with Gasteiger partial charge < -0.3 is 0 Å². The molecule has 2 aliphatic rings. The van der Waals surface area contributed by atoms with Crippen LogP contribution >= 0.6 is 0 Å². The van der Waals surface area contributed by atoms with Crippen molar-refractivity contribution in [1.82, 2.24) is 9.97 Å². The van der Waals surface area contributed by atoms with E-state index in [1.807, 2.05) is 36.7 Å². The fraction of sp³-hybridized carbons (Fsp3) is 0.400. The molecule has 0 aromatic carbocycles. The molecule has 122 valence electrons. The van der Waals surface area contributed by atoms with Gasteiger partial charge in [0.2, 0.25) is 0 Å². The molecule has 2 aromatic rings. The molecule has 1 fully saturated rings. The molecule has 4 rings (SSSR count). The SMILES string of the molecule is c1ccc(C2=NN=C(c3ccccn3)C3CCCCCCC23)nc1. The van der Waals surface area contributed by atoms with Gasteiger partial charge >= 0.3 is 0 Å². The van der Waals surface area contributed by atoms with Crippen LogP contribution in [0.3, 0.4) is 0 Å². The Labute approximate surface area is 142 Å². The van der Waals surface area contributed by atoms with Gasteiger partial charge in [0.05, 0.1) is 22.8 Å². The van der Waals surface area contributed by atoms with Crippen molar-refractivity contribution in [3.8, 4) is 0 Å². The van der Waals surface area contributed by atoms with Gasteiger partial charge in [0.25, 0.3) is 0 Å². The van der Waals surface area contributed by atoms with Crippen LogP contribution in [0.1, 0.15) is 49.9 Å². The predicted molar refractivity (Wildman–Crippen MR) is 96.2 cm³/mol. The number of aromatic nitrogens is 2. The van der Waals surface area contributed by atoms with Gasteiger partial charge in [-0.15, -0.1) is 0 Å². The van der Waals surface area contributed by atoms with Crippen molar-refractivity contribution in [3.63, 3.8) is 0 Å². The Morgan fingerprint density at radius 2 is 1.12 bits per heavy atom. The summed E-state index contributed by atoms with van der Waals surface area (Å²) < 4.78 is 0. The average Bonchev–Trinajstić information content (AvgIpc) is 2.63. The van der Waals surface area contributed by atoms with E-state index in [0.29, 0.717) is 11.8 Å². The van der Waals surface area contributed by atoms with Gasteiger partial charge in [-0.1, -0.05) is 37.8 Å². The largest absolute Gasteiger partial charge is 0.255 e. The second kappa shape index (κ2) is 7.04. The number of nitrogens with zero attached hydrogens (tertiary/aromatic N) is 4. The van der Waals surface area contributed by atoms with Crippen LogP contribution in [-0.2, 0) is 0 Å². The quantitative estimate of drug-likeness (QED) is 0.830. The summed E-state index contributed by atoms with van der Waals surface area (Å²) >= 11 is 0. The van der Waals surface area contributed by atoms with Crippen molar-refractivity contribution in [2.24, 2.45) is 22.0 Å². The Hall–Kier alpha value is -2.36. The summed E-state index contributed by atoms with van der Waals surface area (Å²) in [6.07, 6.45) is 11.1. The topological polar surface area (TPSA) is 50.5 Å². The van der Waals surface area contributed by atoms with E-state index in [2.05, 4.69) is 32.3 Å². The minimum absolute atomic E-state index is 0.398. The molecule has 3 heterocycles. The number of rotatable bonds is 2. The lowest BCUT2D eigenvalue weighted by atomic mass is 9.74. The zero-order valence-electron chi connectivity index (χ0n) is 13.8. The Kier molecular flexibility index (Phi) is 4.45. The smallest absolute Gasteiger partial charge is 0.0924 e. The maximum absolute atomic E-state index is 4.62. The van der Waals surface area contributed by atoms with Crippen molar-refractivity contribution in [2.45, 2.75) is 38.5 Å². The standard InChI is InChI=1S/C20H22N4/c1-2-4-10-16-15(9-3-1)19(17-11-5-7-13-21-17)23-24-20(16)18-12-6-8-14-22-18/h5-8,11-16H,1-4,9-10H2. The molecule has 0 spiro atoms. The first kappa shape index (κ1) is 15.2. The maximum Gasteiger partial charge on any atom is 0.0924 e. The van der Waals surface area contributed by atoms with Crippen molar-refractivity contribution >= 4 is 11.4 Å². The minimum Gasteiger partial charge on any atom is -0.255 e. The molecular weight excluding hydrogens is 296 g/mol. The summed E-state index contributed by atoms with van der Waals surface area (Å²) in [6, 6.07) is 12.1. The maximum atomic E-state index is 4.62. The second-order valence-electron chi connectivity index (χ2n) is 6.60. The molecule has 1 aliphatic carbocycles. The molecule has 1 aliphatic heterocycles. The lowest BCUT2D eigenvalue weighted by Gasteiger charge is -2.32. The fourth-order valence-electron chi connectivity index (χ4n) is 3.91. The first-order valence-electron chi connectivity index (χ1n) is 8.92. The number of hydrogen-bond donors (Lipinski definition) is 0. The molecule has 4 nitrogen and oxygen atoms in total. The highest BCUT2D eigenvalue weighted by molar-refractivity contribution is 6.10. The Morgan fingerprint density at radius 1 is 0.625 bits per heavy atom. The summed E-state index contributed by atoms with van der Waals surface area (Å²) in [5.41, 5.74) is 4.05.